The molecule has 1 amide bonds. The lowest BCUT2D eigenvalue weighted by Gasteiger charge is -2.24. The molecule has 11 heteroatoms. The van der Waals surface area contributed by atoms with Crippen LogP contribution in [0.3, 0.4) is 0 Å². The van der Waals surface area contributed by atoms with Gasteiger partial charge in [0.2, 0.25) is 0 Å². The van der Waals surface area contributed by atoms with Crippen LogP contribution in [0.1, 0.15) is 29.4 Å². The fourth-order valence-corrected chi connectivity index (χ4v) is 6.29. The third-order valence-corrected chi connectivity index (χ3v) is 8.53. The zero-order valence-electron chi connectivity index (χ0n) is 23.1. The lowest BCUT2D eigenvalue weighted by Crippen LogP contribution is -2.39. The second-order valence-corrected chi connectivity index (χ2v) is 12.1. The number of sulfonamides is 1. The maximum Gasteiger partial charge on any atom is 0.264 e. The first-order valence-corrected chi connectivity index (χ1v) is 15.0. The van der Waals surface area contributed by atoms with Crippen molar-refractivity contribution in [2.45, 2.75) is 32.6 Å². The summed E-state index contributed by atoms with van der Waals surface area (Å²) in [5, 5.41) is 5.13. The van der Waals surface area contributed by atoms with Crippen LogP contribution < -0.4 is 14.5 Å². The number of hydrogen-bond acceptors (Lipinski definition) is 5. The van der Waals surface area contributed by atoms with E-state index in [9.17, 15) is 13.2 Å². The van der Waals surface area contributed by atoms with Crippen LogP contribution in [-0.2, 0) is 14.8 Å². The molecule has 0 bridgehead atoms. The highest BCUT2D eigenvalue weighted by Crippen LogP contribution is 2.27. The second-order valence-electron chi connectivity index (χ2n) is 9.33. The molecule has 0 spiro atoms. The first-order chi connectivity index (χ1) is 19.5. The largest absolute Gasteiger partial charge is 0.494 e. The molecule has 0 aliphatic carbocycles. The van der Waals surface area contributed by atoms with Crippen molar-refractivity contribution < 1.29 is 17.9 Å². The van der Waals surface area contributed by atoms with Crippen LogP contribution in [0.25, 0.3) is 5.69 Å². The molecule has 0 atom stereocenters. The number of anilines is 1. The monoisotopic (exact) mass is 612 g/mol. The molecule has 0 saturated carbocycles. The number of ether oxygens (including phenoxy) is 1. The average Bonchev–Trinajstić information content (AvgIpc) is 3.20. The highest BCUT2D eigenvalue weighted by atomic mass is 35.5. The minimum atomic E-state index is -4.06. The zero-order chi connectivity index (χ0) is 29.7. The fourth-order valence-electron chi connectivity index (χ4n) is 4.35. The maximum absolute atomic E-state index is 13.6. The van der Waals surface area contributed by atoms with Gasteiger partial charge in [-0.05, 0) is 88.4 Å². The lowest BCUT2D eigenvalue weighted by atomic mass is 10.2. The molecule has 1 aromatic heterocycles. The van der Waals surface area contributed by atoms with Gasteiger partial charge in [-0.1, -0.05) is 40.9 Å². The topological polar surface area (TPSA) is 93.0 Å². The highest BCUT2D eigenvalue weighted by molar-refractivity contribution is 7.92. The van der Waals surface area contributed by atoms with Gasteiger partial charge in [-0.15, -0.1) is 0 Å². The molecule has 0 saturated heterocycles. The van der Waals surface area contributed by atoms with Gasteiger partial charge in [0.25, 0.3) is 15.9 Å². The molecule has 1 heterocycles. The summed E-state index contributed by atoms with van der Waals surface area (Å²) in [6, 6.07) is 20.2. The molecule has 41 heavy (non-hydrogen) atoms. The average molecular weight is 614 g/mol. The Morgan fingerprint density at radius 3 is 2.22 bits per heavy atom. The van der Waals surface area contributed by atoms with Crippen LogP contribution in [0.15, 0.2) is 82.8 Å². The Morgan fingerprint density at radius 1 is 0.976 bits per heavy atom. The molecular weight excluding hydrogens is 583 g/mol. The van der Waals surface area contributed by atoms with E-state index in [4.69, 9.17) is 27.9 Å². The number of nitrogens with one attached hydrogen (secondary N) is 1. The maximum atomic E-state index is 13.6. The molecule has 0 aliphatic heterocycles. The predicted octanol–water partition coefficient (Wildman–Crippen LogP) is 6.45. The number of hydrogen-bond donors (Lipinski definition) is 1. The molecule has 0 aliphatic rings. The van der Waals surface area contributed by atoms with Gasteiger partial charge in [0.05, 0.1) is 23.4 Å². The Hall–Kier alpha value is -3.79. The molecule has 8 nitrogen and oxygen atoms in total. The minimum absolute atomic E-state index is 0.0712. The quantitative estimate of drug-likeness (QED) is 0.164. The van der Waals surface area contributed by atoms with Gasteiger partial charge in [-0.3, -0.25) is 9.10 Å². The Balaban J connectivity index is 1.56. The first-order valence-electron chi connectivity index (χ1n) is 12.8. The summed E-state index contributed by atoms with van der Waals surface area (Å²) in [7, 11) is -4.06. The van der Waals surface area contributed by atoms with E-state index in [0.717, 1.165) is 32.5 Å². The van der Waals surface area contributed by atoms with Gasteiger partial charge in [-0.25, -0.2) is 13.8 Å². The lowest BCUT2D eigenvalue weighted by molar-refractivity contribution is -0.119. The Morgan fingerprint density at radius 2 is 1.61 bits per heavy atom. The SMILES string of the molecule is CCOc1ccc(N(CC(=O)N/N=C/c2cc(C)n(-c3cc(Cl)cc(Cl)c3)c2C)S(=O)(=O)c2ccc(C)cc2)cc1. The number of aromatic nitrogens is 1. The van der Waals surface area contributed by atoms with Crippen molar-refractivity contribution in [1.82, 2.24) is 9.99 Å². The zero-order valence-corrected chi connectivity index (χ0v) is 25.4. The van der Waals surface area contributed by atoms with Gasteiger partial charge in [-0.2, -0.15) is 5.10 Å². The van der Waals surface area contributed by atoms with Crippen LogP contribution in [0, 0.1) is 20.8 Å². The van der Waals surface area contributed by atoms with Gasteiger partial charge < -0.3 is 9.30 Å². The molecule has 0 radical (unpaired) electrons. The van der Waals surface area contributed by atoms with E-state index in [1.54, 1.807) is 54.6 Å². The standard InChI is InChI=1S/C30H30Cl2N4O4S/c1-5-40-28-10-8-26(9-11-28)35(41(38,39)29-12-6-20(2)7-13-29)19-30(37)34-33-18-23-14-21(3)36(22(23)4)27-16-24(31)15-25(32)17-27/h6-18H,5,19H2,1-4H3,(H,34,37)/b33-18+. The van der Waals surface area contributed by atoms with Crippen molar-refractivity contribution in [3.63, 3.8) is 0 Å². The predicted molar refractivity (Wildman–Crippen MR) is 164 cm³/mol. The summed E-state index contributed by atoms with van der Waals surface area (Å²) in [4.78, 5) is 13.1. The van der Waals surface area contributed by atoms with Gasteiger partial charge in [0, 0.05) is 32.7 Å². The summed E-state index contributed by atoms with van der Waals surface area (Å²) in [5.41, 5.74) is 7.03. The molecule has 0 unspecified atom stereocenters. The summed E-state index contributed by atoms with van der Waals surface area (Å²) in [6.07, 6.45) is 1.51. The number of rotatable bonds is 10. The van der Waals surface area contributed by atoms with E-state index in [1.807, 2.05) is 38.3 Å². The number of carbonyl (C=O) groups excluding carboxylic acids is 1. The minimum Gasteiger partial charge on any atom is -0.494 e. The van der Waals surface area contributed by atoms with Crippen molar-refractivity contribution in [1.29, 1.82) is 0 Å². The van der Waals surface area contributed by atoms with Crippen molar-refractivity contribution in [2.24, 2.45) is 5.10 Å². The van der Waals surface area contributed by atoms with Crippen LogP contribution in [0.2, 0.25) is 10.0 Å². The van der Waals surface area contributed by atoms with Crippen LogP contribution in [0.4, 0.5) is 5.69 Å². The highest BCUT2D eigenvalue weighted by Gasteiger charge is 2.27. The van der Waals surface area contributed by atoms with Crippen LogP contribution in [-0.4, -0.2) is 38.3 Å². The smallest absolute Gasteiger partial charge is 0.264 e. The second kappa shape index (κ2) is 12.8. The number of halogens is 2. The summed E-state index contributed by atoms with van der Waals surface area (Å²) in [5.74, 6) is -0.0168. The van der Waals surface area contributed by atoms with Crippen molar-refractivity contribution in [3.05, 3.63) is 105 Å². The number of hydrazone groups is 1. The van der Waals surface area contributed by atoms with E-state index in [2.05, 4.69) is 10.5 Å². The Labute approximate surface area is 250 Å². The summed E-state index contributed by atoms with van der Waals surface area (Å²) < 4.78 is 35.7. The van der Waals surface area contributed by atoms with Crippen LogP contribution in [0.5, 0.6) is 5.75 Å². The Kier molecular flexibility index (Phi) is 9.42. The molecule has 214 valence electrons. The van der Waals surface area contributed by atoms with Crippen molar-refractivity contribution >= 4 is 51.0 Å². The van der Waals surface area contributed by atoms with Gasteiger partial charge >= 0.3 is 0 Å². The molecule has 4 rings (SSSR count). The molecular formula is C30H30Cl2N4O4S. The summed E-state index contributed by atoms with van der Waals surface area (Å²) >= 11 is 12.4. The van der Waals surface area contributed by atoms with Crippen molar-refractivity contribution in [3.8, 4) is 11.4 Å². The molecule has 3 aromatic carbocycles. The number of benzene rings is 3. The Bertz CT molecular complexity index is 1660. The van der Waals surface area contributed by atoms with E-state index in [0.29, 0.717) is 28.1 Å². The first kappa shape index (κ1) is 30.2. The van der Waals surface area contributed by atoms with E-state index in [1.165, 1.54) is 18.3 Å². The number of amides is 1. The number of aryl methyl sites for hydroxylation is 2. The fraction of sp³-hybridized carbons (Fsp3) is 0.200. The third kappa shape index (κ3) is 7.11. The van der Waals surface area contributed by atoms with Gasteiger partial charge in [0.1, 0.15) is 12.3 Å². The molecule has 1 N–H and O–H groups in total. The normalized spacial score (nSPS) is 11.6. The molecule has 0 fully saturated rings. The number of carbonyl (C=O) groups is 1. The third-order valence-electron chi connectivity index (χ3n) is 6.30. The van der Waals surface area contributed by atoms with Crippen LogP contribution >= 0.6 is 23.2 Å². The van der Waals surface area contributed by atoms with E-state index >= 15 is 0 Å². The van der Waals surface area contributed by atoms with Gasteiger partial charge in [0.15, 0.2) is 0 Å². The van der Waals surface area contributed by atoms with E-state index in [-0.39, 0.29) is 4.90 Å². The number of nitrogens with zero attached hydrogens (tertiary/aromatic N) is 3. The van der Waals surface area contributed by atoms with Crippen molar-refractivity contribution in [2.75, 3.05) is 17.5 Å². The summed E-state index contributed by atoms with van der Waals surface area (Å²) in [6.45, 7) is 7.56. The molecule has 4 aromatic rings. The van der Waals surface area contributed by atoms with E-state index < -0.39 is 22.5 Å².